The number of hydrogen-bond acceptors (Lipinski definition) is 3. The van der Waals surface area contributed by atoms with Crippen LogP contribution in [0.2, 0.25) is 0 Å². The number of fused-ring (bicyclic) bond motifs is 1. The Balaban J connectivity index is 1.62. The molecule has 0 aromatic heterocycles. The average Bonchev–Trinajstić information content (AvgIpc) is 3.53. The SMILES string of the molecule is C=CCN1C(=O)C(C)(C)COc2ccc(NC(=O)C3(c4ccc(F)cc4)CC3)cc21. The van der Waals surface area contributed by atoms with Crippen LogP contribution in [0.25, 0.3) is 0 Å². The van der Waals surface area contributed by atoms with Crippen LogP contribution < -0.4 is 15.0 Å². The van der Waals surface area contributed by atoms with Gasteiger partial charge >= 0.3 is 0 Å². The molecular formula is C24H25FN2O3. The first-order valence-corrected chi connectivity index (χ1v) is 10.0. The Morgan fingerprint density at radius 1 is 1.23 bits per heavy atom. The van der Waals surface area contributed by atoms with E-state index in [-0.39, 0.29) is 24.2 Å². The summed E-state index contributed by atoms with van der Waals surface area (Å²) in [6.45, 7) is 8.07. The Labute approximate surface area is 175 Å². The van der Waals surface area contributed by atoms with Gasteiger partial charge in [0.25, 0.3) is 0 Å². The van der Waals surface area contributed by atoms with E-state index >= 15 is 0 Å². The Hall–Kier alpha value is -3.15. The molecule has 4 rings (SSSR count). The number of anilines is 2. The first-order valence-electron chi connectivity index (χ1n) is 10.0. The third kappa shape index (κ3) is 3.47. The van der Waals surface area contributed by atoms with Crippen molar-refractivity contribution in [2.75, 3.05) is 23.4 Å². The molecular weight excluding hydrogens is 383 g/mol. The monoisotopic (exact) mass is 408 g/mol. The van der Waals surface area contributed by atoms with Gasteiger partial charge in [-0.3, -0.25) is 9.59 Å². The molecule has 1 aliphatic heterocycles. The van der Waals surface area contributed by atoms with Crippen LogP contribution >= 0.6 is 0 Å². The first kappa shape index (κ1) is 20.1. The number of ether oxygens (including phenoxy) is 1. The largest absolute Gasteiger partial charge is 0.490 e. The van der Waals surface area contributed by atoms with Crippen LogP contribution in [0.4, 0.5) is 15.8 Å². The first-order chi connectivity index (χ1) is 14.3. The number of benzene rings is 2. The van der Waals surface area contributed by atoms with Gasteiger partial charge in [0.1, 0.15) is 18.2 Å². The van der Waals surface area contributed by atoms with Crippen molar-refractivity contribution in [3.63, 3.8) is 0 Å². The molecule has 6 heteroatoms. The predicted molar refractivity (Wildman–Crippen MR) is 114 cm³/mol. The van der Waals surface area contributed by atoms with Crippen molar-refractivity contribution in [2.45, 2.75) is 32.1 Å². The highest BCUT2D eigenvalue weighted by molar-refractivity contribution is 6.03. The lowest BCUT2D eigenvalue weighted by atomic mass is 9.93. The minimum atomic E-state index is -0.675. The van der Waals surface area contributed by atoms with Crippen molar-refractivity contribution in [3.8, 4) is 5.75 Å². The molecule has 1 N–H and O–H groups in total. The van der Waals surface area contributed by atoms with Gasteiger partial charge in [-0.1, -0.05) is 18.2 Å². The fourth-order valence-electron chi connectivity index (χ4n) is 3.82. The number of halogens is 1. The van der Waals surface area contributed by atoms with Gasteiger partial charge in [0, 0.05) is 12.2 Å². The Morgan fingerprint density at radius 3 is 2.57 bits per heavy atom. The molecule has 2 aromatic rings. The van der Waals surface area contributed by atoms with E-state index in [9.17, 15) is 14.0 Å². The Kier molecular flexibility index (Phi) is 4.88. The topological polar surface area (TPSA) is 58.6 Å². The van der Waals surface area contributed by atoms with Gasteiger partial charge in [0.2, 0.25) is 11.8 Å². The molecule has 2 amide bonds. The molecule has 0 saturated heterocycles. The van der Waals surface area contributed by atoms with Gasteiger partial charge in [0.15, 0.2) is 0 Å². The molecule has 0 spiro atoms. The van der Waals surface area contributed by atoms with E-state index in [0.717, 1.165) is 5.56 Å². The number of amides is 2. The lowest BCUT2D eigenvalue weighted by molar-refractivity contribution is -0.127. The molecule has 0 atom stereocenters. The number of carbonyl (C=O) groups excluding carboxylic acids is 2. The zero-order valence-corrected chi connectivity index (χ0v) is 17.2. The summed E-state index contributed by atoms with van der Waals surface area (Å²) in [5, 5.41) is 2.97. The minimum Gasteiger partial charge on any atom is -0.490 e. The second kappa shape index (κ2) is 7.27. The van der Waals surface area contributed by atoms with Gasteiger partial charge in [-0.2, -0.15) is 0 Å². The van der Waals surface area contributed by atoms with E-state index in [2.05, 4.69) is 11.9 Å². The summed E-state index contributed by atoms with van der Waals surface area (Å²) in [5.74, 6) is 0.0733. The van der Waals surface area contributed by atoms with Crippen molar-refractivity contribution in [2.24, 2.45) is 5.41 Å². The van der Waals surface area contributed by atoms with Crippen molar-refractivity contribution in [1.29, 1.82) is 0 Å². The lowest BCUT2D eigenvalue weighted by Crippen LogP contribution is -2.42. The third-order valence-electron chi connectivity index (χ3n) is 5.81. The maximum atomic E-state index is 13.3. The second-order valence-electron chi connectivity index (χ2n) is 8.60. The smallest absolute Gasteiger partial charge is 0.236 e. The van der Waals surface area contributed by atoms with Crippen LogP contribution in [0.5, 0.6) is 5.75 Å². The lowest BCUT2D eigenvalue weighted by Gasteiger charge is -2.27. The zero-order valence-electron chi connectivity index (χ0n) is 17.2. The third-order valence-corrected chi connectivity index (χ3v) is 5.81. The maximum absolute atomic E-state index is 13.3. The fraction of sp³-hybridized carbons (Fsp3) is 0.333. The molecule has 30 heavy (non-hydrogen) atoms. The molecule has 1 saturated carbocycles. The van der Waals surface area contributed by atoms with Crippen molar-refractivity contribution in [3.05, 3.63) is 66.5 Å². The molecule has 5 nitrogen and oxygen atoms in total. The van der Waals surface area contributed by atoms with Gasteiger partial charge in [-0.25, -0.2) is 4.39 Å². The van der Waals surface area contributed by atoms with E-state index in [1.807, 2.05) is 13.8 Å². The number of rotatable bonds is 5. The number of hydrogen-bond donors (Lipinski definition) is 1. The van der Waals surface area contributed by atoms with Crippen molar-refractivity contribution in [1.82, 2.24) is 0 Å². The zero-order chi connectivity index (χ0) is 21.5. The number of nitrogens with zero attached hydrogens (tertiary/aromatic N) is 1. The fourth-order valence-corrected chi connectivity index (χ4v) is 3.82. The predicted octanol–water partition coefficient (Wildman–Crippen LogP) is 4.43. The highest BCUT2D eigenvalue weighted by Crippen LogP contribution is 2.49. The van der Waals surface area contributed by atoms with E-state index in [0.29, 0.717) is 36.5 Å². The summed E-state index contributed by atoms with van der Waals surface area (Å²) in [4.78, 5) is 27.7. The average molecular weight is 408 g/mol. The highest BCUT2D eigenvalue weighted by atomic mass is 19.1. The van der Waals surface area contributed by atoms with Crippen molar-refractivity contribution < 1.29 is 18.7 Å². The van der Waals surface area contributed by atoms with Crippen LogP contribution in [0.3, 0.4) is 0 Å². The Morgan fingerprint density at radius 2 is 1.93 bits per heavy atom. The molecule has 0 radical (unpaired) electrons. The Bertz CT molecular complexity index is 1010. The molecule has 0 unspecified atom stereocenters. The molecule has 1 fully saturated rings. The summed E-state index contributed by atoms with van der Waals surface area (Å²) in [5.41, 5.74) is 0.693. The molecule has 156 valence electrons. The molecule has 2 aliphatic rings. The standard InChI is InChI=1S/C24H25FN2O3/c1-4-13-27-19-14-18(9-10-20(19)30-15-23(2,3)22(27)29)26-21(28)24(11-12-24)16-5-7-17(25)8-6-16/h4-10,14H,1,11-13,15H2,2-3H3,(H,26,28). The quantitative estimate of drug-likeness (QED) is 0.745. The van der Waals surface area contributed by atoms with Crippen LogP contribution in [0.1, 0.15) is 32.3 Å². The summed E-state index contributed by atoms with van der Waals surface area (Å²) in [6, 6.07) is 11.4. The van der Waals surface area contributed by atoms with E-state index in [1.165, 1.54) is 12.1 Å². The summed E-state index contributed by atoms with van der Waals surface area (Å²) < 4.78 is 19.2. The van der Waals surface area contributed by atoms with E-state index < -0.39 is 10.8 Å². The molecule has 1 heterocycles. The number of carbonyl (C=O) groups is 2. The number of nitrogens with one attached hydrogen (secondary N) is 1. The van der Waals surface area contributed by atoms with Gasteiger partial charge < -0.3 is 15.0 Å². The van der Waals surface area contributed by atoms with E-state index in [4.69, 9.17) is 4.74 Å². The summed E-state index contributed by atoms with van der Waals surface area (Å²) in [6.07, 6.45) is 3.10. The normalized spacial score (nSPS) is 18.6. The molecule has 0 bridgehead atoms. The highest BCUT2D eigenvalue weighted by Gasteiger charge is 2.51. The summed E-state index contributed by atoms with van der Waals surface area (Å²) >= 11 is 0. The minimum absolute atomic E-state index is 0.0606. The molecule has 1 aliphatic carbocycles. The van der Waals surface area contributed by atoms with Gasteiger partial charge in [-0.05, 0) is 62.6 Å². The van der Waals surface area contributed by atoms with Gasteiger partial charge in [-0.15, -0.1) is 6.58 Å². The van der Waals surface area contributed by atoms with Crippen LogP contribution in [-0.2, 0) is 15.0 Å². The van der Waals surface area contributed by atoms with Crippen LogP contribution in [0.15, 0.2) is 55.1 Å². The second-order valence-corrected chi connectivity index (χ2v) is 8.60. The van der Waals surface area contributed by atoms with E-state index in [1.54, 1.807) is 41.3 Å². The van der Waals surface area contributed by atoms with Crippen molar-refractivity contribution >= 4 is 23.2 Å². The van der Waals surface area contributed by atoms with Crippen LogP contribution in [-0.4, -0.2) is 25.0 Å². The van der Waals surface area contributed by atoms with Crippen LogP contribution in [0, 0.1) is 11.2 Å². The van der Waals surface area contributed by atoms with Gasteiger partial charge in [0.05, 0.1) is 16.5 Å². The molecule has 2 aromatic carbocycles. The summed E-state index contributed by atoms with van der Waals surface area (Å²) in [7, 11) is 0. The maximum Gasteiger partial charge on any atom is 0.236 e.